The van der Waals surface area contributed by atoms with Gasteiger partial charge in [0.25, 0.3) is 5.91 Å². The van der Waals surface area contributed by atoms with Gasteiger partial charge in [0.2, 0.25) is 6.04 Å². The molecule has 178 valence electrons. The van der Waals surface area contributed by atoms with E-state index in [4.69, 9.17) is 42.3 Å². The van der Waals surface area contributed by atoms with Gasteiger partial charge in [0.1, 0.15) is 17.2 Å². The van der Waals surface area contributed by atoms with Gasteiger partial charge in [-0.3, -0.25) is 9.59 Å². The molecule has 0 aliphatic heterocycles. The Morgan fingerprint density at radius 2 is 1.73 bits per heavy atom. The first-order valence-corrected chi connectivity index (χ1v) is 10.7. The summed E-state index contributed by atoms with van der Waals surface area (Å²) in [6.07, 6.45) is 0. The van der Waals surface area contributed by atoms with Crippen molar-refractivity contribution in [3.63, 3.8) is 0 Å². The summed E-state index contributed by atoms with van der Waals surface area (Å²) in [5.74, 6) is -0.0615. The maximum absolute atomic E-state index is 13.1. The predicted molar refractivity (Wildman–Crippen MR) is 126 cm³/mol. The Morgan fingerprint density at radius 1 is 1.03 bits per heavy atom. The van der Waals surface area contributed by atoms with Crippen molar-refractivity contribution in [2.45, 2.75) is 26.8 Å². The third-order valence-electron chi connectivity index (χ3n) is 4.32. The van der Waals surface area contributed by atoms with Crippen molar-refractivity contribution in [2.24, 2.45) is 10.2 Å². The maximum atomic E-state index is 13.1. The summed E-state index contributed by atoms with van der Waals surface area (Å²) in [5, 5.41) is 8.36. The van der Waals surface area contributed by atoms with Gasteiger partial charge in [-0.05, 0) is 45.0 Å². The fourth-order valence-electron chi connectivity index (χ4n) is 2.77. The highest BCUT2D eigenvalue weighted by atomic mass is 35.5. The predicted octanol–water partition coefficient (Wildman–Crippen LogP) is 5.38. The SMILES string of the molecule is CCOc1ccc(Cl)c(OCC)c1N=NC(C(C)=O)C(=O)N(Cl)c1ccc(OC)cc1OC. The van der Waals surface area contributed by atoms with Gasteiger partial charge in [-0.15, -0.1) is 5.11 Å². The molecule has 0 radical (unpaired) electrons. The molecule has 0 saturated carbocycles. The molecule has 0 aliphatic rings. The molecule has 2 aromatic rings. The van der Waals surface area contributed by atoms with Crippen LogP contribution in [0.1, 0.15) is 20.8 Å². The normalized spacial score (nSPS) is 11.7. The number of Topliss-reactive ketones (excluding diaryl/α,β-unsaturated/α-hetero) is 1. The minimum Gasteiger partial charge on any atom is -0.497 e. The van der Waals surface area contributed by atoms with Crippen molar-refractivity contribution in [1.82, 2.24) is 0 Å². The fraction of sp³-hybridized carbons (Fsp3) is 0.364. The number of azo groups is 1. The Hall–Kier alpha value is -3.04. The van der Waals surface area contributed by atoms with Crippen molar-refractivity contribution in [3.05, 3.63) is 35.4 Å². The number of carbonyl (C=O) groups excluding carboxylic acids is 2. The molecule has 9 nitrogen and oxygen atoms in total. The van der Waals surface area contributed by atoms with E-state index in [1.54, 1.807) is 38.1 Å². The lowest BCUT2D eigenvalue weighted by Crippen LogP contribution is -2.36. The van der Waals surface area contributed by atoms with Crippen molar-refractivity contribution in [2.75, 3.05) is 31.9 Å². The average Bonchev–Trinajstić information content (AvgIpc) is 2.81. The van der Waals surface area contributed by atoms with Gasteiger partial charge in [-0.2, -0.15) is 5.11 Å². The zero-order valence-corrected chi connectivity index (χ0v) is 20.4. The molecule has 0 N–H and O–H groups in total. The minimum absolute atomic E-state index is 0.161. The lowest BCUT2D eigenvalue weighted by molar-refractivity contribution is -0.126. The number of halogens is 2. The quantitative estimate of drug-likeness (QED) is 0.234. The molecule has 0 saturated heterocycles. The Kier molecular flexibility index (Phi) is 9.74. The summed E-state index contributed by atoms with van der Waals surface area (Å²) < 4.78 is 22.3. The number of methoxy groups -OCH3 is 2. The third-order valence-corrected chi connectivity index (χ3v) is 4.97. The third kappa shape index (κ3) is 6.27. The number of hydrogen-bond acceptors (Lipinski definition) is 8. The molecule has 0 aromatic heterocycles. The van der Waals surface area contributed by atoms with Gasteiger partial charge in [-0.1, -0.05) is 11.6 Å². The van der Waals surface area contributed by atoms with E-state index in [0.29, 0.717) is 24.7 Å². The number of nitrogens with zero attached hydrogens (tertiary/aromatic N) is 3. The molecule has 0 heterocycles. The molecule has 2 aromatic carbocycles. The fourth-order valence-corrected chi connectivity index (χ4v) is 3.21. The Bertz CT molecular complexity index is 1030. The monoisotopic (exact) mass is 497 g/mol. The van der Waals surface area contributed by atoms with E-state index in [9.17, 15) is 9.59 Å². The molecule has 2 rings (SSSR count). The Morgan fingerprint density at radius 3 is 2.30 bits per heavy atom. The Balaban J connectivity index is 2.45. The van der Waals surface area contributed by atoms with Crippen molar-refractivity contribution in [3.8, 4) is 23.0 Å². The van der Waals surface area contributed by atoms with E-state index in [1.165, 1.54) is 27.2 Å². The minimum atomic E-state index is -1.53. The first-order valence-electron chi connectivity index (χ1n) is 10.00. The molecule has 0 bridgehead atoms. The number of benzene rings is 2. The number of ketones is 1. The zero-order valence-electron chi connectivity index (χ0n) is 18.9. The number of carbonyl (C=O) groups is 2. The van der Waals surface area contributed by atoms with Gasteiger partial charge in [0.15, 0.2) is 23.0 Å². The maximum Gasteiger partial charge on any atom is 0.276 e. The van der Waals surface area contributed by atoms with Crippen molar-refractivity contribution < 1.29 is 28.5 Å². The summed E-state index contributed by atoms with van der Waals surface area (Å²) in [6, 6.07) is 6.34. The second-order valence-corrected chi connectivity index (χ2v) is 7.22. The van der Waals surface area contributed by atoms with Crippen molar-refractivity contribution >= 4 is 46.4 Å². The largest absolute Gasteiger partial charge is 0.497 e. The summed E-state index contributed by atoms with van der Waals surface area (Å²) in [5.41, 5.74) is 0.368. The van der Waals surface area contributed by atoms with Crippen LogP contribution in [0.2, 0.25) is 5.02 Å². The number of hydrogen-bond donors (Lipinski definition) is 0. The molecular formula is C22H25Cl2N3O6. The summed E-state index contributed by atoms with van der Waals surface area (Å²) in [6.45, 7) is 5.44. The molecular weight excluding hydrogens is 473 g/mol. The first-order chi connectivity index (χ1) is 15.8. The molecule has 0 fully saturated rings. The lowest BCUT2D eigenvalue weighted by atomic mass is 10.2. The number of ether oxygens (including phenoxy) is 4. The van der Waals surface area contributed by atoms with Crippen LogP contribution in [-0.2, 0) is 9.59 Å². The van der Waals surface area contributed by atoms with Crippen LogP contribution in [0, 0.1) is 0 Å². The van der Waals surface area contributed by atoms with Crippen LogP contribution >= 0.6 is 23.4 Å². The standard InChI is InChI=1S/C22H25Cl2N3O6/c1-6-32-17-11-9-15(23)21(33-7-2)20(17)26-25-19(13(3)28)22(29)27(24)16-10-8-14(30-4)12-18(16)31-5/h8-12,19H,6-7H2,1-5H3. The molecule has 1 atom stereocenters. The highest BCUT2D eigenvalue weighted by molar-refractivity contribution is 6.39. The van der Waals surface area contributed by atoms with Crippen LogP contribution in [0.15, 0.2) is 40.6 Å². The van der Waals surface area contributed by atoms with E-state index >= 15 is 0 Å². The van der Waals surface area contributed by atoms with E-state index in [1.807, 2.05) is 0 Å². The summed E-state index contributed by atoms with van der Waals surface area (Å²) in [7, 11) is 2.91. The molecule has 0 aliphatic carbocycles. The van der Waals surface area contributed by atoms with Crippen LogP contribution in [0.3, 0.4) is 0 Å². The van der Waals surface area contributed by atoms with Crippen LogP contribution in [0.5, 0.6) is 23.0 Å². The lowest BCUT2D eigenvalue weighted by Gasteiger charge is -2.19. The summed E-state index contributed by atoms with van der Waals surface area (Å²) >= 11 is 12.5. The zero-order chi connectivity index (χ0) is 24.5. The van der Waals surface area contributed by atoms with Crippen LogP contribution < -0.4 is 23.4 Å². The first kappa shape index (κ1) is 26.2. The van der Waals surface area contributed by atoms with Crippen LogP contribution in [0.25, 0.3) is 0 Å². The van der Waals surface area contributed by atoms with Gasteiger partial charge < -0.3 is 18.9 Å². The smallest absolute Gasteiger partial charge is 0.276 e. The number of anilines is 1. The summed E-state index contributed by atoms with van der Waals surface area (Å²) in [4.78, 5) is 25.3. The second-order valence-electron chi connectivity index (χ2n) is 6.47. The number of amides is 1. The van der Waals surface area contributed by atoms with Crippen LogP contribution in [0.4, 0.5) is 11.4 Å². The Labute approximate surface area is 202 Å². The molecule has 0 spiro atoms. The van der Waals surface area contributed by atoms with Crippen molar-refractivity contribution in [1.29, 1.82) is 0 Å². The highest BCUT2D eigenvalue weighted by Crippen LogP contribution is 2.43. The molecule has 1 unspecified atom stereocenters. The van der Waals surface area contributed by atoms with E-state index in [2.05, 4.69) is 10.2 Å². The molecule has 1 amide bonds. The average molecular weight is 498 g/mol. The topological polar surface area (TPSA) is 99.0 Å². The van der Waals surface area contributed by atoms with Gasteiger partial charge in [0, 0.05) is 17.8 Å². The van der Waals surface area contributed by atoms with E-state index in [-0.39, 0.29) is 27.9 Å². The second kappa shape index (κ2) is 12.3. The van der Waals surface area contributed by atoms with E-state index < -0.39 is 17.7 Å². The van der Waals surface area contributed by atoms with Crippen LogP contribution in [-0.4, -0.2) is 45.2 Å². The number of rotatable bonds is 11. The highest BCUT2D eigenvalue weighted by Gasteiger charge is 2.31. The van der Waals surface area contributed by atoms with Gasteiger partial charge in [0.05, 0.1) is 32.5 Å². The van der Waals surface area contributed by atoms with Gasteiger partial charge in [-0.25, -0.2) is 4.42 Å². The molecule has 11 heteroatoms. The van der Waals surface area contributed by atoms with E-state index in [0.717, 1.165) is 4.42 Å². The van der Waals surface area contributed by atoms with Gasteiger partial charge >= 0.3 is 0 Å². The molecule has 33 heavy (non-hydrogen) atoms.